The Bertz CT molecular complexity index is 376. The van der Waals surface area contributed by atoms with E-state index in [-0.39, 0.29) is 12.5 Å². The van der Waals surface area contributed by atoms with E-state index in [1.165, 1.54) is 0 Å². The number of halogens is 2. The summed E-state index contributed by atoms with van der Waals surface area (Å²) < 4.78 is 3.31. The summed E-state index contributed by atoms with van der Waals surface area (Å²) in [4.78, 5) is 13.3. The minimum atomic E-state index is 0.0584. The minimum Gasteiger partial charge on any atom is -0.344 e. The molecule has 0 bridgehead atoms. The molecular weight excluding hydrogens is 326 g/mol. The van der Waals surface area contributed by atoms with Crippen molar-refractivity contribution in [3.05, 3.63) is 14.8 Å². The van der Waals surface area contributed by atoms with E-state index in [1.54, 1.807) is 16.6 Å². The average molecular weight is 339 g/mol. The van der Waals surface area contributed by atoms with Crippen LogP contribution in [0.3, 0.4) is 0 Å². The molecule has 0 aromatic carbocycles. The minimum absolute atomic E-state index is 0.0584. The lowest BCUT2D eigenvalue weighted by atomic mass is 10.4. The molecule has 1 rings (SSSR count). The van der Waals surface area contributed by atoms with Crippen LogP contribution in [0.25, 0.3) is 0 Å². The molecule has 1 heterocycles. The Balaban J connectivity index is 2.81. The molecule has 0 N–H and O–H groups in total. The smallest absolute Gasteiger partial charge is 0.244 e. The number of aromatic nitrogens is 2. The summed E-state index contributed by atoms with van der Waals surface area (Å²) in [6, 6.07) is 0. The second-order valence-corrected chi connectivity index (χ2v) is 4.80. The van der Waals surface area contributed by atoms with E-state index in [0.717, 1.165) is 14.8 Å². The first-order valence-electron chi connectivity index (χ1n) is 4.59. The Hall–Kier alpha value is -0.360. The van der Waals surface area contributed by atoms with E-state index < -0.39 is 0 Å². The maximum atomic E-state index is 11.7. The highest BCUT2D eigenvalue weighted by atomic mass is 79.9. The number of amides is 1. The molecule has 0 spiro atoms. The van der Waals surface area contributed by atoms with Crippen molar-refractivity contribution in [2.75, 3.05) is 13.6 Å². The van der Waals surface area contributed by atoms with Crippen molar-refractivity contribution in [1.82, 2.24) is 14.7 Å². The van der Waals surface area contributed by atoms with Crippen LogP contribution in [0, 0.1) is 6.92 Å². The highest BCUT2D eigenvalue weighted by Crippen LogP contribution is 2.25. The average Bonchev–Trinajstić information content (AvgIpc) is 2.45. The first-order chi connectivity index (χ1) is 6.97. The molecule has 1 aromatic rings. The van der Waals surface area contributed by atoms with Gasteiger partial charge in [-0.05, 0) is 45.7 Å². The molecule has 1 amide bonds. The van der Waals surface area contributed by atoms with Crippen LogP contribution in [-0.2, 0) is 11.3 Å². The second kappa shape index (κ2) is 5.12. The molecule has 1 aromatic heterocycles. The van der Waals surface area contributed by atoms with Crippen molar-refractivity contribution in [3.8, 4) is 0 Å². The summed E-state index contributed by atoms with van der Waals surface area (Å²) in [5, 5.41) is 4.21. The SMILES string of the molecule is CCN(C)C(=O)Cn1nc(Br)c(Br)c1C. The van der Waals surface area contributed by atoms with Gasteiger partial charge in [0.1, 0.15) is 11.1 Å². The Kier molecular flexibility index (Phi) is 4.33. The van der Waals surface area contributed by atoms with Crippen molar-refractivity contribution in [1.29, 1.82) is 0 Å². The van der Waals surface area contributed by atoms with Crippen LogP contribution in [0.4, 0.5) is 0 Å². The van der Waals surface area contributed by atoms with Gasteiger partial charge in [-0.25, -0.2) is 0 Å². The number of rotatable bonds is 3. The number of carbonyl (C=O) groups excluding carboxylic acids is 1. The molecule has 0 radical (unpaired) electrons. The monoisotopic (exact) mass is 337 g/mol. The van der Waals surface area contributed by atoms with Gasteiger partial charge in [-0.3, -0.25) is 9.48 Å². The van der Waals surface area contributed by atoms with Crippen LogP contribution >= 0.6 is 31.9 Å². The van der Waals surface area contributed by atoms with Crippen LogP contribution in [0.15, 0.2) is 9.08 Å². The Morgan fingerprint density at radius 1 is 1.53 bits per heavy atom. The number of nitrogens with zero attached hydrogens (tertiary/aromatic N) is 3. The first-order valence-corrected chi connectivity index (χ1v) is 6.18. The lowest BCUT2D eigenvalue weighted by molar-refractivity contribution is -0.130. The van der Waals surface area contributed by atoms with E-state index in [1.807, 2.05) is 13.8 Å². The van der Waals surface area contributed by atoms with Gasteiger partial charge < -0.3 is 4.90 Å². The first kappa shape index (κ1) is 12.7. The van der Waals surface area contributed by atoms with Crippen molar-refractivity contribution in [2.45, 2.75) is 20.4 Å². The maximum Gasteiger partial charge on any atom is 0.244 e. The van der Waals surface area contributed by atoms with Crippen LogP contribution in [0.5, 0.6) is 0 Å². The zero-order valence-corrected chi connectivity index (χ0v) is 12.1. The summed E-state index contributed by atoms with van der Waals surface area (Å²) >= 11 is 6.70. The Morgan fingerprint density at radius 2 is 2.13 bits per heavy atom. The van der Waals surface area contributed by atoms with Crippen LogP contribution < -0.4 is 0 Å². The van der Waals surface area contributed by atoms with Crippen molar-refractivity contribution < 1.29 is 4.79 Å². The summed E-state index contributed by atoms with van der Waals surface area (Å²) in [6.45, 7) is 4.85. The number of likely N-dealkylation sites (N-methyl/N-ethyl adjacent to an activating group) is 1. The zero-order valence-electron chi connectivity index (χ0n) is 8.92. The molecule has 4 nitrogen and oxygen atoms in total. The fraction of sp³-hybridized carbons (Fsp3) is 0.556. The number of hydrogen-bond acceptors (Lipinski definition) is 2. The maximum absolute atomic E-state index is 11.7. The topological polar surface area (TPSA) is 38.1 Å². The van der Waals surface area contributed by atoms with Gasteiger partial charge in [0.15, 0.2) is 0 Å². The molecule has 0 fully saturated rings. The molecule has 0 unspecified atom stereocenters. The Labute approximate surface area is 106 Å². The molecule has 0 aliphatic rings. The van der Waals surface area contributed by atoms with Crippen LogP contribution in [0.2, 0.25) is 0 Å². The molecule has 0 saturated heterocycles. The molecule has 6 heteroatoms. The van der Waals surface area contributed by atoms with Gasteiger partial charge in [-0.15, -0.1) is 0 Å². The van der Waals surface area contributed by atoms with E-state index >= 15 is 0 Å². The van der Waals surface area contributed by atoms with Gasteiger partial charge in [0, 0.05) is 13.6 Å². The van der Waals surface area contributed by atoms with Gasteiger partial charge in [-0.2, -0.15) is 5.10 Å². The van der Waals surface area contributed by atoms with Gasteiger partial charge in [0.25, 0.3) is 0 Å². The van der Waals surface area contributed by atoms with E-state index in [0.29, 0.717) is 6.54 Å². The third-order valence-electron chi connectivity index (χ3n) is 2.28. The molecular formula is C9H13Br2N3O. The molecule has 0 aliphatic carbocycles. The highest BCUT2D eigenvalue weighted by Gasteiger charge is 2.14. The largest absolute Gasteiger partial charge is 0.344 e. The van der Waals surface area contributed by atoms with Gasteiger partial charge >= 0.3 is 0 Å². The fourth-order valence-corrected chi connectivity index (χ4v) is 1.83. The predicted molar refractivity (Wildman–Crippen MR) is 65.7 cm³/mol. The predicted octanol–water partition coefficient (Wildman–Crippen LogP) is 2.19. The molecule has 0 saturated carbocycles. The standard InChI is InChI=1S/C9H13Br2N3O/c1-4-13(3)7(15)5-14-6(2)8(10)9(11)12-14/h4-5H2,1-3H3. The van der Waals surface area contributed by atoms with E-state index in [9.17, 15) is 4.79 Å². The van der Waals surface area contributed by atoms with E-state index in [4.69, 9.17) is 0 Å². The normalized spacial score (nSPS) is 10.5. The van der Waals surface area contributed by atoms with Crippen molar-refractivity contribution in [3.63, 3.8) is 0 Å². The fourth-order valence-electron chi connectivity index (χ4n) is 1.07. The van der Waals surface area contributed by atoms with Gasteiger partial charge in [0.2, 0.25) is 5.91 Å². The summed E-state index contributed by atoms with van der Waals surface area (Å²) in [5.74, 6) is 0.0584. The van der Waals surface area contributed by atoms with E-state index in [2.05, 4.69) is 37.0 Å². The van der Waals surface area contributed by atoms with Crippen molar-refractivity contribution >= 4 is 37.8 Å². The van der Waals surface area contributed by atoms with Gasteiger partial charge in [-0.1, -0.05) is 0 Å². The number of carbonyl (C=O) groups is 1. The second-order valence-electron chi connectivity index (χ2n) is 3.26. The summed E-state index contributed by atoms with van der Waals surface area (Å²) in [6.07, 6.45) is 0. The lowest BCUT2D eigenvalue weighted by Crippen LogP contribution is -2.30. The summed E-state index contributed by atoms with van der Waals surface area (Å²) in [7, 11) is 1.78. The molecule has 15 heavy (non-hydrogen) atoms. The molecule has 0 aliphatic heterocycles. The van der Waals surface area contributed by atoms with Crippen LogP contribution in [-0.4, -0.2) is 34.2 Å². The quantitative estimate of drug-likeness (QED) is 0.847. The zero-order chi connectivity index (χ0) is 11.6. The van der Waals surface area contributed by atoms with Crippen LogP contribution in [0.1, 0.15) is 12.6 Å². The highest BCUT2D eigenvalue weighted by molar-refractivity contribution is 9.13. The lowest BCUT2D eigenvalue weighted by Gasteiger charge is -2.14. The third kappa shape index (κ3) is 2.81. The molecule has 84 valence electrons. The Morgan fingerprint density at radius 3 is 2.53 bits per heavy atom. The number of hydrogen-bond donors (Lipinski definition) is 0. The molecule has 0 atom stereocenters. The third-order valence-corrected chi connectivity index (χ3v) is 4.32. The van der Waals surface area contributed by atoms with Crippen molar-refractivity contribution in [2.24, 2.45) is 0 Å². The summed E-state index contributed by atoms with van der Waals surface area (Å²) in [5.41, 5.74) is 0.944. The van der Waals surface area contributed by atoms with Gasteiger partial charge in [0.05, 0.1) is 10.2 Å².